The molecule has 0 fully saturated rings. The highest BCUT2D eigenvalue weighted by Crippen LogP contribution is 2.22. The van der Waals surface area contributed by atoms with E-state index in [1.807, 2.05) is 70.2 Å². The Morgan fingerprint density at radius 1 is 1.11 bits per heavy atom. The van der Waals surface area contributed by atoms with Crippen LogP contribution in [0, 0.1) is 6.92 Å². The van der Waals surface area contributed by atoms with Gasteiger partial charge in [-0.1, -0.05) is 30.3 Å². The van der Waals surface area contributed by atoms with Crippen molar-refractivity contribution < 1.29 is 28.9 Å². The molecule has 186 valence electrons. The number of hydrogen-bond donors (Lipinski definition) is 2. The van der Waals surface area contributed by atoms with Gasteiger partial charge in [0.2, 0.25) is 0 Å². The number of aromatic amines is 1. The second-order valence-electron chi connectivity index (χ2n) is 8.46. The van der Waals surface area contributed by atoms with Crippen molar-refractivity contribution in [2.75, 3.05) is 13.2 Å². The predicted octanol–water partition coefficient (Wildman–Crippen LogP) is 4.74. The molecule has 0 aliphatic heterocycles. The van der Waals surface area contributed by atoms with E-state index in [9.17, 15) is 14.7 Å². The second-order valence-corrected chi connectivity index (χ2v) is 8.46. The van der Waals surface area contributed by atoms with Crippen molar-refractivity contribution in [1.82, 2.24) is 9.97 Å². The van der Waals surface area contributed by atoms with Crippen molar-refractivity contribution in [3.8, 4) is 11.3 Å². The smallest absolute Gasteiger partial charge is 0.339 e. The lowest BCUT2D eigenvalue weighted by Gasteiger charge is -2.17. The Labute approximate surface area is 205 Å². The molecule has 35 heavy (non-hydrogen) atoms. The van der Waals surface area contributed by atoms with Crippen LogP contribution in [0.3, 0.4) is 0 Å². The molecule has 2 heterocycles. The molecule has 3 aromatic rings. The molecule has 8 nitrogen and oxygen atoms in total. The van der Waals surface area contributed by atoms with Crippen molar-refractivity contribution in [2.45, 2.75) is 52.4 Å². The van der Waals surface area contributed by atoms with E-state index < -0.39 is 24.1 Å². The number of hydrogen-bond acceptors (Lipinski definition) is 6. The first-order valence-electron chi connectivity index (χ1n) is 11.6. The molecule has 2 unspecified atom stereocenters. The Bertz CT molecular complexity index is 1120. The van der Waals surface area contributed by atoms with Crippen LogP contribution in [0.25, 0.3) is 11.3 Å². The molecular formula is C27H32N2O6. The van der Waals surface area contributed by atoms with Gasteiger partial charge in [-0.3, -0.25) is 4.98 Å². The van der Waals surface area contributed by atoms with Gasteiger partial charge in [0.05, 0.1) is 17.4 Å². The number of aryl methyl sites for hydroxylation is 1. The summed E-state index contributed by atoms with van der Waals surface area (Å²) in [5.74, 6) is -1.45. The summed E-state index contributed by atoms with van der Waals surface area (Å²) in [5.41, 5.74) is 4.44. The van der Waals surface area contributed by atoms with Crippen molar-refractivity contribution in [1.29, 1.82) is 0 Å². The molecule has 3 rings (SSSR count). The van der Waals surface area contributed by atoms with E-state index in [2.05, 4.69) is 9.97 Å². The van der Waals surface area contributed by atoms with Crippen molar-refractivity contribution in [2.24, 2.45) is 0 Å². The molecule has 0 spiro atoms. The molecule has 2 N–H and O–H groups in total. The van der Waals surface area contributed by atoms with Gasteiger partial charge in [-0.15, -0.1) is 0 Å². The van der Waals surface area contributed by atoms with E-state index in [0.717, 1.165) is 28.2 Å². The fourth-order valence-corrected chi connectivity index (χ4v) is 3.63. The van der Waals surface area contributed by atoms with Crippen LogP contribution in [0.1, 0.15) is 54.2 Å². The van der Waals surface area contributed by atoms with Gasteiger partial charge >= 0.3 is 11.9 Å². The summed E-state index contributed by atoms with van der Waals surface area (Å²) in [4.78, 5) is 31.6. The first-order valence-corrected chi connectivity index (χ1v) is 11.6. The average molecular weight is 481 g/mol. The third kappa shape index (κ3) is 7.50. The largest absolute Gasteiger partial charge is 0.479 e. The highest BCUT2D eigenvalue weighted by molar-refractivity contribution is 5.90. The van der Waals surface area contributed by atoms with E-state index in [0.29, 0.717) is 12.2 Å². The van der Waals surface area contributed by atoms with Crippen LogP contribution in [-0.4, -0.2) is 52.4 Å². The molecular weight excluding hydrogens is 448 g/mol. The Balaban J connectivity index is 1.62. The number of esters is 1. The lowest BCUT2D eigenvalue weighted by molar-refractivity contribution is -0.153. The van der Waals surface area contributed by atoms with Crippen molar-refractivity contribution >= 4 is 11.9 Å². The average Bonchev–Trinajstić information content (AvgIpc) is 3.32. The number of carboxylic acid groups (broad SMARTS) is 1. The zero-order valence-electron chi connectivity index (χ0n) is 20.5. The number of pyridine rings is 1. The van der Waals surface area contributed by atoms with Gasteiger partial charge in [-0.2, -0.15) is 0 Å². The molecule has 1 aromatic carbocycles. The van der Waals surface area contributed by atoms with Crippen LogP contribution in [0.15, 0.2) is 54.7 Å². The Hall–Kier alpha value is -3.49. The summed E-state index contributed by atoms with van der Waals surface area (Å²) < 4.78 is 16.7. The van der Waals surface area contributed by atoms with Gasteiger partial charge in [0.15, 0.2) is 6.10 Å². The van der Waals surface area contributed by atoms with Gasteiger partial charge in [0.1, 0.15) is 12.7 Å². The van der Waals surface area contributed by atoms with E-state index >= 15 is 0 Å². The van der Waals surface area contributed by atoms with Crippen LogP contribution < -0.4 is 0 Å². The quantitative estimate of drug-likeness (QED) is 0.360. The molecule has 0 radical (unpaired) electrons. The number of carboxylic acids is 1. The zero-order valence-corrected chi connectivity index (χ0v) is 20.5. The van der Waals surface area contributed by atoms with Crippen molar-refractivity contribution in [3.63, 3.8) is 0 Å². The number of rotatable bonds is 12. The third-order valence-corrected chi connectivity index (χ3v) is 5.29. The SMILES string of the molecule is CCOC(COC(=O)c1c[nH]c(-c2ccc(CC(OC(C)C)C(=O)O)cc2)c1)c1cccc(C)n1. The minimum absolute atomic E-state index is 0.0571. The number of nitrogens with zero attached hydrogens (tertiary/aromatic N) is 1. The standard InChI is InChI=1S/C27H32N2O6/c1-5-33-25(22-8-6-7-18(4)29-22)16-34-27(32)21-14-23(28-15-21)20-11-9-19(10-12-20)13-24(26(30)31)35-17(2)3/h6-12,14-15,17,24-25,28H,5,13,16H2,1-4H3,(H,30,31). The summed E-state index contributed by atoms with van der Waals surface area (Å²) in [6.07, 6.45) is 0.354. The molecule has 2 aromatic heterocycles. The van der Waals surface area contributed by atoms with E-state index in [4.69, 9.17) is 14.2 Å². The monoisotopic (exact) mass is 480 g/mol. The minimum atomic E-state index is -0.986. The fourth-order valence-electron chi connectivity index (χ4n) is 3.63. The van der Waals surface area contributed by atoms with E-state index in [1.54, 1.807) is 12.3 Å². The van der Waals surface area contributed by atoms with Gasteiger partial charge in [0, 0.05) is 30.6 Å². The molecule has 0 amide bonds. The molecule has 0 aliphatic carbocycles. The Kier molecular flexibility index (Phi) is 9.17. The molecule has 0 aliphatic rings. The Morgan fingerprint density at radius 3 is 2.49 bits per heavy atom. The number of ether oxygens (including phenoxy) is 3. The highest BCUT2D eigenvalue weighted by Gasteiger charge is 2.21. The molecule has 0 saturated carbocycles. The van der Waals surface area contributed by atoms with Crippen LogP contribution in [-0.2, 0) is 25.4 Å². The van der Waals surface area contributed by atoms with Crippen molar-refractivity contribution in [3.05, 3.63) is 77.2 Å². The number of aromatic nitrogens is 2. The van der Waals surface area contributed by atoms with Crippen LogP contribution in [0.5, 0.6) is 0 Å². The maximum atomic E-state index is 12.6. The number of nitrogens with one attached hydrogen (secondary N) is 1. The highest BCUT2D eigenvalue weighted by atomic mass is 16.6. The molecule has 2 atom stereocenters. The topological polar surface area (TPSA) is 111 Å². The van der Waals surface area contributed by atoms with Gasteiger partial charge in [0.25, 0.3) is 0 Å². The van der Waals surface area contributed by atoms with E-state index in [1.165, 1.54) is 0 Å². The molecule has 0 bridgehead atoms. The van der Waals surface area contributed by atoms with E-state index in [-0.39, 0.29) is 19.1 Å². The third-order valence-electron chi connectivity index (χ3n) is 5.29. The number of benzene rings is 1. The number of H-pyrrole nitrogens is 1. The van der Waals surface area contributed by atoms with Gasteiger partial charge < -0.3 is 24.3 Å². The zero-order chi connectivity index (χ0) is 25.4. The molecule has 0 saturated heterocycles. The summed E-state index contributed by atoms with van der Waals surface area (Å²) >= 11 is 0. The van der Waals surface area contributed by atoms with Gasteiger partial charge in [-0.25, -0.2) is 9.59 Å². The van der Waals surface area contributed by atoms with Crippen LogP contribution >= 0.6 is 0 Å². The first-order chi connectivity index (χ1) is 16.8. The lowest BCUT2D eigenvalue weighted by atomic mass is 10.0. The van der Waals surface area contributed by atoms with Gasteiger partial charge in [-0.05, 0) is 57.0 Å². The molecule has 8 heteroatoms. The number of aliphatic carboxylic acids is 1. The minimum Gasteiger partial charge on any atom is -0.479 e. The summed E-state index contributed by atoms with van der Waals surface area (Å²) in [5, 5.41) is 9.37. The Morgan fingerprint density at radius 2 is 1.86 bits per heavy atom. The summed E-state index contributed by atoms with van der Waals surface area (Å²) in [7, 11) is 0. The number of carbonyl (C=O) groups is 2. The summed E-state index contributed by atoms with van der Waals surface area (Å²) in [6.45, 7) is 7.93. The second kappa shape index (κ2) is 12.3. The predicted molar refractivity (Wildman–Crippen MR) is 131 cm³/mol. The fraction of sp³-hybridized carbons (Fsp3) is 0.370. The van der Waals surface area contributed by atoms with Crippen LogP contribution in [0.2, 0.25) is 0 Å². The first kappa shape index (κ1) is 26.1. The lowest BCUT2D eigenvalue weighted by Crippen LogP contribution is -2.29. The maximum Gasteiger partial charge on any atom is 0.339 e. The van der Waals surface area contributed by atoms with Crippen LogP contribution in [0.4, 0.5) is 0 Å². The summed E-state index contributed by atoms with van der Waals surface area (Å²) in [6, 6.07) is 14.8. The normalized spacial score (nSPS) is 12.9. The number of carbonyl (C=O) groups excluding carboxylic acids is 1. The maximum absolute atomic E-state index is 12.6.